The molecule has 1 aromatic rings. The van der Waals surface area contributed by atoms with Crippen LogP contribution >= 0.6 is 0 Å². The van der Waals surface area contributed by atoms with Gasteiger partial charge in [0.2, 0.25) is 15.9 Å². The lowest BCUT2D eigenvalue weighted by Gasteiger charge is -2.31. The molecule has 1 amide bonds. The van der Waals surface area contributed by atoms with Crippen LogP contribution < -0.4 is 5.32 Å². The molecule has 0 radical (unpaired) electrons. The van der Waals surface area contributed by atoms with Gasteiger partial charge in [0, 0.05) is 50.7 Å². The van der Waals surface area contributed by atoms with E-state index in [-0.39, 0.29) is 22.5 Å². The summed E-state index contributed by atoms with van der Waals surface area (Å²) in [5.41, 5.74) is 0.483. The van der Waals surface area contributed by atoms with Crippen LogP contribution in [0.5, 0.6) is 0 Å². The van der Waals surface area contributed by atoms with Crippen molar-refractivity contribution in [2.45, 2.75) is 24.7 Å². The van der Waals surface area contributed by atoms with E-state index in [1.165, 1.54) is 35.5 Å². The van der Waals surface area contributed by atoms with Gasteiger partial charge < -0.3 is 10.1 Å². The van der Waals surface area contributed by atoms with E-state index in [1.54, 1.807) is 0 Å². The van der Waals surface area contributed by atoms with Crippen molar-refractivity contribution >= 4 is 21.7 Å². The van der Waals surface area contributed by atoms with Gasteiger partial charge in [0.05, 0.1) is 18.1 Å². The van der Waals surface area contributed by atoms with E-state index < -0.39 is 10.0 Å². The minimum Gasteiger partial charge on any atom is -0.379 e. The summed E-state index contributed by atoms with van der Waals surface area (Å²) in [4.78, 5) is 26.2. The Kier molecular flexibility index (Phi) is 7.39. The molecular formula is C20H29N3O5S. The lowest BCUT2D eigenvalue weighted by Crippen LogP contribution is -2.45. The molecule has 8 nitrogen and oxygen atoms in total. The summed E-state index contributed by atoms with van der Waals surface area (Å²) in [5.74, 6) is -0.262. The predicted molar refractivity (Wildman–Crippen MR) is 108 cm³/mol. The van der Waals surface area contributed by atoms with Gasteiger partial charge in [-0.15, -0.1) is 0 Å². The third-order valence-electron chi connectivity index (χ3n) is 5.55. The maximum absolute atomic E-state index is 12.8. The zero-order valence-corrected chi connectivity index (χ0v) is 17.6. The summed E-state index contributed by atoms with van der Waals surface area (Å²) in [7, 11) is -3.61. The predicted octanol–water partition coefficient (Wildman–Crippen LogP) is 0.738. The van der Waals surface area contributed by atoms with Gasteiger partial charge in [-0.05, 0) is 31.9 Å². The fourth-order valence-electron chi connectivity index (χ4n) is 3.68. The van der Waals surface area contributed by atoms with E-state index in [0.29, 0.717) is 38.0 Å². The Labute approximate surface area is 172 Å². The first-order valence-electron chi connectivity index (χ1n) is 10.1. The number of nitrogens with zero attached hydrogens (tertiary/aromatic N) is 2. The molecule has 2 heterocycles. The minimum atomic E-state index is -3.61. The second-order valence-corrected chi connectivity index (χ2v) is 9.44. The molecule has 0 atom stereocenters. The number of carbonyl (C=O) groups excluding carboxylic acids is 2. The molecule has 0 aromatic heterocycles. The van der Waals surface area contributed by atoms with Gasteiger partial charge in [-0.25, -0.2) is 8.42 Å². The highest BCUT2D eigenvalue weighted by Crippen LogP contribution is 2.24. The van der Waals surface area contributed by atoms with Crippen LogP contribution in [0.1, 0.15) is 30.1 Å². The molecule has 1 aromatic carbocycles. The maximum Gasteiger partial charge on any atom is 0.243 e. The number of ketones is 1. The van der Waals surface area contributed by atoms with E-state index in [4.69, 9.17) is 4.74 Å². The van der Waals surface area contributed by atoms with Crippen molar-refractivity contribution in [1.29, 1.82) is 0 Å². The molecule has 160 valence electrons. The third-order valence-corrected chi connectivity index (χ3v) is 7.47. The van der Waals surface area contributed by atoms with Gasteiger partial charge >= 0.3 is 0 Å². The number of morpholine rings is 1. The summed E-state index contributed by atoms with van der Waals surface area (Å²) < 4.78 is 32.4. The summed E-state index contributed by atoms with van der Waals surface area (Å²) >= 11 is 0. The van der Waals surface area contributed by atoms with Gasteiger partial charge in [-0.2, -0.15) is 4.31 Å². The van der Waals surface area contributed by atoms with Crippen LogP contribution in [0, 0.1) is 5.92 Å². The molecular weight excluding hydrogens is 394 g/mol. The summed E-state index contributed by atoms with van der Waals surface area (Å²) in [6, 6.07) is 6.00. The summed E-state index contributed by atoms with van der Waals surface area (Å²) in [6.45, 7) is 6.73. The molecule has 0 unspecified atom stereocenters. The van der Waals surface area contributed by atoms with Crippen LogP contribution in [0.25, 0.3) is 0 Å². The molecule has 2 fully saturated rings. The number of carbonyl (C=O) groups is 2. The first kappa shape index (κ1) is 21.9. The summed E-state index contributed by atoms with van der Waals surface area (Å²) in [5, 5.41) is 2.98. The Bertz CT molecular complexity index is 811. The number of amides is 1. The Morgan fingerprint density at radius 1 is 1.07 bits per heavy atom. The van der Waals surface area contributed by atoms with Crippen molar-refractivity contribution in [3.63, 3.8) is 0 Å². The monoisotopic (exact) mass is 423 g/mol. The van der Waals surface area contributed by atoms with Crippen molar-refractivity contribution in [1.82, 2.24) is 14.5 Å². The fourth-order valence-corrected chi connectivity index (χ4v) is 5.15. The molecule has 0 spiro atoms. The van der Waals surface area contributed by atoms with Crippen molar-refractivity contribution in [3.8, 4) is 0 Å². The molecule has 0 aliphatic carbocycles. The highest BCUT2D eigenvalue weighted by Gasteiger charge is 2.32. The van der Waals surface area contributed by atoms with Crippen molar-refractivity contribution in [2.24, 2.45) is 5.92 Å². The Balaban J connectivity index is 1.47. The van der Waals surface area contributed by atoms with Crippen molar-refractivity contribution in [2.75, 3.05) is 52.5 Å². The largest absolute Gasteiger partial charge is 0.379 e. The Morgan fingerprint density at radius 3 is 2.28 bits per heavy atom. The highest BCUT2D eigenvalue weighted by atomic mass is 32.2. The third kappa shape index (κ3) is 5.63. The van der Waals surface area contributed by atoms with Gasteiger partial charge in [0.15, 0.2) is 5.78 Å². The average Bonchev–Trinajstić information content (AvgIpc) is 2.74. The number of hydrogen-bond donors (Lipinski definition) is 1. The number of sulfonamides is 1. The first-order valence-corrected chi connectivity index (χ1v) is 11.5. The molecule has 2 aliphatic heterocycles. The molecule has 2 saturated heterocycles. The van der Waals surface area contributed by atoms with Crippen LogP contribution in [0.15, 0.2) is 29.2 Å². The zero-order valence-electron chi connectivity index (χ0n) is 16.8. The average molecular weight is 424 g/mol. The normalized spacial score (nSPS) is 19.8. The highest BCUT2D eigenvalue weighted by molar-refractivity contribution is 7.89. The van der Waals surface area contributed by atoms with E-state index in [0.717, 1.165) is 32.8 Å². The van der Waals surface area contributed by atoms with E-state index in [9.17, 15) is 18.0 Å². The topological polar surface area (TPSA) is 96.0 Å². The van der Waals surface area contributed by atoms with Crippen LogP contribution in [0.4, 0.5) is 0 Å². The Hall–Kier alpha value is -1.81. The molecule has 0 saturated carbocycles. The molecule has 29 heavy (non-hydrogen) atoms. The number of ether oxygens (including phenoxy) is 1. The van der Waals surface area contributed by atoms with Gasteiger partial charge in [-0.1, -0.05) is 12.1 Å². The SMILES string of the molecule is CC(=O)c1ccc(S(=O)(=O)N2CCC(C(=O)NCCN3CCOCC3)CC2)cc1. The van der Waals surface area contributed by atoms with E-state index >= 15 is 0 Å². The number of rotatable bonds is 7. The second-order valence-electron chi connectivity index (χ2n) is 7.50. The van der Waals surface area contributed by atoms with Crippen molar-refractivity contribution in [3.05, 3.63) is 29.8 Å². The molecule has 9 heteroatoms. The second kappa shape index (κ2) is 9.80. The van der Waals surface area contributed by atoms with Gasteiger partial charge in [0.25, 0.3) is 0 Å². The zero-order chi connectivity index (χ0) is 20.9. The smallest absolute Gasteiger partial charge is 0.243 e. The Morgan fingerprint density at radius 2 is 1.69 bits per heavy atom. The maximum atomic E-state index is 12.8. The standard InChI is InChI=1S/C20H29N3O5S/c1-16(24)17-2-4-19(5-3-17)29(26,27)23-9-6-18(7-10-23)20(25)21-8-11-22-12-14-28-15-13-22/h2-5,18H,6-15H2,1H3,(H,21,25). The lowest BCUT2D eigenvalue weighted by molar-refractivity contribution is -0.126. The lowest BCUT2D eigenvalue weighted by atomic mass is 9.97. The van der Waals surface area contributed by atoms with Crippen LogP contribution in [0.2, 0.25) is 0 Å². The van der Waals surface area contributed by atoms with E-state index in [2.05, 4.69) is 10.2 Å². The van der Waals surface area contributed by atoms with Gasteiger partial charge in [-0.3, -0.25) is 14.5 Å². The summed E-state index contributed by atoms with van der Waals surface area (Å²) in [6.07, 6.45) is 1.02. The molecule has 0 bridgehead atoms. The van der Waals surface area contributed by atoms with Gasteiger partial charge in [0.1, 0.15) is 0 Å². The minimum absolute atomic E-state index is 0.00104. The fraction of sp³-hybridized carbons (Fsp3) is 0.600. The number of Topliss-reactive ketones (excluding diaryl/α,β-unsaturated/α-hetero) is 1. The van der Waals surface area contributed by atoms with Crippen LogP contribution in [-0.4, -0.2) is 81.8 Å². The molecule has 3 rings (SSSR count). The van der Waals surface area contributed by atoms with Crippen molar-refractivity contribution < 1.29 is 22.7 Å². The van der Waals surface area contributed by atoms with Crippen LogP contribution in [-0.2, 0) is 19.6 Å². The first-order chi connectivity index (χ1) is 13.9. The number of hydrogen-bond acceptors (Lipinski definition) is 6. The molecule has 2 aliphatic rings. The van der Waals surface area contributed by atoms with E-state index in [1.807, 2.05) is 0 Å². The quantitative estimate of drug-likeness (QED) is 0.650. The van der Waals surface area contributed by atoms with Crippen LogP contribution in [0.3, 0.4) is 0 Å². The number of piperidine rings is 1. The number of benzene rings is 1. The molecule has 1 N–H and O–H groups in total. The number of nitrogens with one attached hydrogen (secondary N) is 1.